The number of carbonyl (C=O) groups is 2. The first-order chi connectivity index (χ1) is 10.0. The Morgan fingerprint density at radius 2 is 2.05 bits per heavy atom. The molecule has 1 aromatic rings. The van der Waals surface area contributed by atoms with E-state index in [0.29, 0.717) is 0 Å². The molecule has 0 bridgehead atoms. The van der Waals surface area contributed by atoms with Crippen LogP contribution in [0.1, 0.15) is 43.9 Å². The highest BCUT2D eigenvalue weighted by Gasteiger charge is 2.38. The van der Waals surface area contributed by atoms with E-state index in [9.17, 15) is 9.59 Å². The number of rotatable bonds is 5. The molecular formula is C16H20O4S. The van der Waals surface area contributed by atoms with E-state index in [1.54, 1.807) is 18.3 Å². The Labute approximate surface area is 128 Å². The molecule has 0 amide bonds. The Balaban J connectivity index is 2.01. The average Bonchev–Trinajstić information content (AvgIpc) is 3.00. The molecule has 21 heavy (non-hydrogen) atoms. The largest absolute Gasteiger partial charge is 0.451 e. The summed E-state index contributed by atoms with van der Waals surface area (Å²) in [5.74, 6) is -1.07. The summed E-state index contributed by atoms with van der Waals surface area (Å²) in [6.07, 6.45) is 4.89. The van der Waals surface area contributed by atoms with Gasteiger partial charge in [-0.15, -0.1) is 11.3 Å². The van der Waals surface area contributed by atoms with Gasteiger partial charge in [-0.1, -0.05) is 19.1 Å². The summed E-state index contributed by atoms with van der Waals surface area (Å²) in [6, 6.07) is 3.97. The monoisotopic (exact) mass is 308 g/mol. The molecule has 0 spiro atoms. The predicted octanol–water partition coefficient (Wildman–Crippen LogP) is 3.57. The van der Waals surface area contributed by atoms with E-state index in [2.05, 4.69) is 6.58 Å². The summed E-state index contributed by atoms with van der Waals surface area (Å²) in [7, 11) is 0. The van der Waals surface area contributed by atoms with Crippen LogP contribution in [0, 0.1) is 0 Å². The fourth-order valence-corrected chi connectivity index (χ4v) is 3.48. The molecule has 0 saturated heterocycles. The molecule has 1 saturated carbocycles. The Morgan fingerprint density at radius 3 is 2.62 bits per heavy atom. The molecule has 0 N–H and O–H groups in total. The van der Waals surface area contributed by atoms with Gasteiger partial charge in [0.25, 0.3) is 0 Å². The highest BCUT2D eigenvalue weighted by molar-refractivity contribution is 7.10. The first-order valence-corrected chi connectivity index (χ1v) is 8.00. The lowest BCUT2D eigenvalue weighted by atomic mass is 9.83. The first-order valence-electron chi connectivity index (χ1n) is 7.12. The molecule has 1 aliphatic rings. The standard InChI is InChI=1S/C16H20O4S/c1-12(2)15(18)19-11-14(17)20-16(8-4-3-5-9-16)13-7-6-10-21-13/h6-7,10H,1,3-5,8-9,11H2,2H3. The van der Waals surface area contributed by atoms with Crippen LogP contribution in [-0.4, -0.2) is 18.5 Å². The van der Waals surface area contributed by atoms with Gasteiger partial charge < -0.3 is 9.47 Å². The normalized spacial score (nSPS) is 17.0. The van der Waals surface area contributed by atoms with Crippen molar-refractivity contribution in [3.63, 3.8) is 0 Å². The quantitative estimate of drug-likeness (QED) is 0.616. The van der Waals surface area contributed by atoms with Crippen LogP contribution in [0.4, 0.5) is 0 Å². The zero-order valence-corrected chi connectivity index (χ0v) is 13.0. The minimum atomic E-state index is -0.569. The van der Waals surface area contributed by atoms with Crippen LogP contribution in [-0.2, 0) is 24.7 Å². The lowest BCUT2D eigenvalue weighted by Gasteiger charge is -2.35. The van der Waals surface area contributed by atoms with Crippen LogP contribution in [0.5, 0.6) is 0 Å². The van der Waals surface area contributed by atoms with Gasteiger partial charge in [0.1, 0.15) is 5.60 Å². The SMILES string of the molecule is C=C(C)C(=O)OCC(=O)OC1(c2cccs2)CCCCC1. The van der Waals surface area contributed by atoms with E-state index in [-0.39, 0.29) is 12.2 Å². The third-order valence-corrected chi connectivity index (χ3v) is 4.67. The smallest absolute Gasteiger partial charge is 0.345 e. The molecular weight excluding hydrogens is 288 g/mol. The molecule has 0 unspecified atom stereocenters. The van der Waals surface area contributed by atoms with E-state index in [1.165, 1.54) is 0 Å². The number of hydrogen-bond donors (Lipinski definition) is 0. The van der Waals surface area contributed by atoms with Gasteiger partial charge in [0.15, 0.2) is 6.61 Å². The van der Waals surface area contributed by atoms with E-state index >= 15 is 0 Å². The zero-order valence-electron chi connectivity index (χ0n) is 12.2. The van der Waals surface area contributed by atoms with Crippen LogP contribution in [0.2, 0.25) is 0 Å². The van der Waals surface area contributed by atoms with Gasteiger partial charge in [-0.05, 0) is 44.1 Å². The van der Waals surface area contributed by atoms with E-state index in [4.69, 9.17) is 9.47 Å². The fourth-order valence-electron chi connectivity index (χ4n) is 2.55. The number of carbonyl (C=O) groups excluding carboxylic acids is 2. The van der Waals surface area contributed by atoms with Crippen LogP contribution in [0.3, 0.4) is 0 Å². The summed E-state index contributed by atoms with van der Waals surface area (Å²) < 4.78 is 10.6. The minimum Gasteiger partial charge on any atom is -0.451 e. The van der Waals surface area contributed by atoms with Gasteiger partial charge in [0.2, 0.25) is 0 Å². The van der Waals surface area contributed by atoms with Gasteiger partial charge in [-0.25, -0.2) is 9.59 Å². The topological polar surface area (TPSA) is 52.6 Å². The molecule has 0 aromatic carbocycles. The maximum atomic E-state index is 12.0. The van der Waals surface area contributed by atoms with Crippen molar-refractivity contribution < 1.29 is 19.1 Å². The number of thiophene rings is 1. The molecule has 5 heteroatoms. The predicted molar refractivity (Wildman–Crippen MR) is 80.9 cm³/mol. The highest BCUT2D eigenvalue weighted by atomic mass is 32.1. The van der Waals surface area contributed by atoms with Gasteiger partial charge in [0, 0.05) is 10.5 Å². The summed E-state index contributed by atoms with van der Waals surface area (Å²) in [5, 5.41) is 1.99. The molecule has 4 nitrogen and oxygen atoms in total. The Morgan fingerprint density at radius 1 is 1.33 bits per heavy atom. The second-order valence-corrected chi connectivity index (χ2v) is 6.31. The summed E-state index contributed by atoms with van der Waals surface area (Å²) in [5.41, 5.74) is -0.271. The van der Waals surface area contributed by atoms with Crippen LogP contribution < -0.4 is 0 Å². The molecule has 1 heterocycles. The third kappa shape index (κ3) is 3.94. The lowest BCUT2D eigenvalue weighted by molar-refractivity contribution is -0.173. The second kappa shape index (κ2) is 6.89. The Kier molecular flexibility index (Phi) is 5.17. The summed E-state index contributed by atoms with van der Waals surface area (Å²) in [4.78, 5) is 24.4. The van der Waals surface area contributed by atoms with E-state index in [0.717, 1.165) is 37.0 Å². The molecule has 2 rings (SSSR count). The fraction of sp³-hybridized carbons (Fsp3) is 0.500. The molecule has 0 aliphatic heterocycles. The molecule has 0 radical (unpaired) electrons. The van der Waals surface area contributed by atoms with Gasteiger partial charge in [-0.2, -0.15) is 0 Å². The molecule has 1 fully saturated rings. The Hall–Kier alpha value is -1.62. The van der Waals surface area contributed by atoms with Crippen molar-refractivity contribution in [2.24, 2.45) is 0 Å². The minimum absolute atomic E-state index is 0.272. The van der Waals surface area contributed by atoms with Crippen LogP contribution >= 0.6 is 11.3 Å². The van der Waals surface area contributed by atoms with Crippen LogP contribution in [0.15, 0.2) is 29.7 Å². The molecule has 1 aliphatic carbocycles. The second-order valence-electron chi connectivity index (χ2n) is 5.36. The van der Waals surface area contributed by atoms with Crippen molar-refractivity contribution in [2.45, 2.75) is 44.6 Å². The van der Waals surface area contributed by atoms with E-state index < -0.39 is 17.5 Å². The van der Waals surface area contributed by atoms with Crippen molar-refractivity contribution >= 4 is 23.3 Å². The zero-order chi connectivity index (χ0) is 15.3. The third-order valence-electron chi connectivity index (χ3n) is 3.61. The maximum absolute atomic E-state index is 12.0. The first kappa shape index (κ1) is 15.8. The van der Waals surface area contributed by atoms with Crippen molar-refractivity contribution in [1.82, 2.24) is 0 Å². The van der Waals surface area contributed by atoms with Crippen molar-refractivity contribution in [3.05, 3.63) is 34.5 Å². The van der Waals surface area contributed by atoms with Crippen LogP contribution in [0.25, 0.3) is 0 Å². The molecule has 1 aromatic heterocycles. The van der Waals surface area contributed by atoms with Gasteiger partial charge in [0.05, 0.1) is 0 Å². The summed E-state index contributed by atoms with van der Waals surface area (Å²) in [6.45, 7) is 4.66. The maximum Gasteiger partial charge on any atom is 0.345 e. The van der Waals surface area contributed by atoms with Gasteiger partial charge >= 0.3 is 11.9 Å². The lowest BCUT2D eigenvalue weighted by Crippen LogP contribution is -2.35. The van der Waals surface area contributed by atoms with E-state index in [1.807, 2.05) is 17.5 Å². The number of ether oxygens (including phenoxy) is 2. The molecule has 114 valence electrons. The van der Waals surface area contributed by atoms with Crippen molar-refractivity contribution in [1.29, 1.82) is 0 Å². The summed E-state index contributed by atoms with van der Waals surface area (Å²) >= 11 is 1.60. The molecule has 0 atom stereocenters. The number of hydrogen-bond acceptors (Lipinski definition) is 5. The van der Waals surface area contributed by atoms with Crippen molar-refractivity contribution in [3.8, 4) is 0 Å². The Bertz CT molecular complexity index is 512. The van der Waals surface area contributed by atoms with Gasteiger partial charge in [-0.3, -0.25) is 0 Å². The highest BCUT2D eigenvalue weighted by Crippen LogP contribution is 2.42. The average molecular weight is 308 g/mol. The number of esters is 2. The van der Waals surface area contributed by atoms with Crippen molar-refractivity contribution in [2.75, 3.05) is 6.61 Å².